The standard InChI is InChI=1S/C17H24N2O4/c1-11(10-19-17(21)16(18)20)12-7-8-14(22-2)15(9-12)23-13-5-3-4-6-13/h7-9,11,13H,3-6,10H2,1-2H3,(H2,18,20)(H,19,21). The fourth-order valence-electron chi connectivity index (χ4n) is 2.73. The van der Waals surface area contributed by atoms with E-state index in [0.29, 0.717) is 12.3 Å². The highest BCUT2D eigenvalue weighted by Crippen LogP contribution is 2.34. The number of carbonyl (C=O) groups is 2. The van der Waals surface area contributed by atoms with Gasteiger partial charge in [-0.15, -0.1) is 0 Å². The molecule has 1 atom stereocenters. The summed E-state index contributed by atoms with van der Waals surface area (Å²) in [5.41, 5.74) is 5.93. The first kappa shape index (κ1) is 17.1. The number of nitrogens with two attached hydrogens (primary N) is 1. The molecule has 6 nitrogen and oxygen atoms in total. The highest BCUT2D eigenvalue weighted by atomic mass is 16.5. The predicted octanol–water partition coefficient (Wildman–Crippen LogP) is 1.72. The first-order chi connectivity index (χ1) is 11.0. The van der Waals surface area contributed by atoms with Crippen molar-refractivity contribution in [2.75, 3.05) is 13.7 Å². The van der Waals surface area contributed by atoms with Gasteiger partial charge < -0.3 is 20.5 Å². The quantitative estimate of drug-likeness (QED) is 0.781. The topological polar surface area (TPSA) is 90.6 Å². The molecule has 1 aromatic carbocycles. The minimum Gasteiger partial charge on any atom is -0.493 e. The summed E-state index contributed by atoms with van der Waals surface area (Å²) in [6, 6.07) is 5.74. The summed E-state index contributed by atoms with van der Waals surface area (Å²) in [5, 5.41) is 2.52. The Morgan fingerprint density at radius 1 is 1.30 bits per heavy atom. The number of nitrogens with one attached hydrogen (secondary N) is 1. The summed E-state index contributed by atoms with van der Waals surface area (Å²) < 4.78 is 11.4. The van der Waals surface area contributed by atoms with Gasteiger partial charge in [-0.1, -0.05) is 13.0 Å². The van der Waals surface area contributed by atoms with Crippen molar-refractivity contribution in [3.8, 4) is 11.5 Å². The third kappa shape index (κ3) is 4.61. The number of methoxy groups -OCH3 is 1. The second kappa shape index (κ2) is 7.85. The van der Waals surface area contributed by atoms with Crippen LogP contribution < -0.4 is 20.5 Å². The molecule has 0 aliphatic heterocycles. The molecule has 1 unspecified atom stereocenters. The fraction of sp³-hybridized carbons (Fsp3) is 0.529. The van der Waals surface area contributed by atoms with E-state index in [1.54, 1.807) is 7.11 Å². The molecule has 2 rings (SSSR count). The van der Waals surface area contributed by atoms with Crippen LogP contribution in [0.15, 0.2) is 18.2 Å². The Morgan fingerprint density at radius 3 is 2.61 bits per heavy atom. The largest absolute Gasteiger partial charge is 0.493 e. The third-order valence-electron chi connectivity index (χ3n) is 4.15. The van der Waals surface area contributed by atoms with E-state index in [1.165, 1.54) is 12.8 Å². The summed E-state index contributed by atoms with van der Waals surface area (Å²) >= 11 is 0. The maximum atomic E-state index is 11.2. The monoisotopic (exact) mass is 320 g/mol. The Labute approximate surface area is 136 Å². The minimum absolute atomic E-state index is 0.0233. The molecular formula is C17H24N2O4. The van der Waals surface area contributed by atoms with Gasteiger partial charge in [-0.25, -0.2) is 0 Å². The average Bonchev–Trinajstić information content (AvgIpc) is 3.05. The Bertz CT molecular complexity index is 568. The molecule has 23 heavy (non-hydrogen) atoms. The number of amides is 2. The zero-order chi connectivity index (χ0) is 16.8. The van der Waals surface area contributed by atoms with Gasteiger partial charge in [0.25, 0.3) is 0 Å². The molecule has 0 saturated heterocycles. The van der Waals surface area contributed by atoms with Gasteiger partial charge in [-0.2, -0.15) is 0 Å². The number of ether oxygens (including phenoxy) is 2. The van der Waals surface area contributed by atoms with Gasteiger partial charge in [0, 0.05) is 6.54 Å². The van der Waals surface area contributed by atoms with Gasteiger partial charge in [-0.05, 0) is 49.3 Å². The summed E-state index contributed by atoms with van der Waals surface area (Å²) in [6.07, 6.45) is 4.77. The lowest BCUT2D eigenvalue weighted by molar-refractivity contribution is -0.137. The van der Waals surface area contributed by atoms with Crippen LogP contribution in [0.25, 0.3) is 0 Å². The molecule has 0 radical (unpaired) electrons. The van der Waals surface area contributed by atoms with E-state index in [0.717, 1.165) is 24.2 Å². The van der Waals surface area contributed by atoms with Crippen LogP contribution in [0.1, 0.15) is 44.1 Å². The van der Waals surface area contributed by atoms with Gasteiger partial charge in [-0.3, -0.25) is 9.59 Å². The number of hydrogen-bond acceptors (Lipinski definition) is 4. The zero-order valence-corrected chi connectivity index (χ0v) is 13.6. The van der Waals surface area contributed by atoms with Crippen LogP contribution in [0.5, 0.6) is 11.5 Å². The lowest BCUT2D eigenvalue weighted by atomic mass is 10.0. The molecular weight excluding hydrogens is 296 g/mol. The predicted molar refractivity (Wildman–Crippen MR) is 86.5 cm³/mol. The summed E-state index contributed by atoms with van der Waals surface area (Å²) in [5.74, 6) is -0.292. The number of primary amides is 1. The average molecular weight is 320 g/mol. The van der Waals surface area contributed by atoms with Gasteiger partial charge in [0.05, 0.1) is 13.2 Å². The molecule has 1 aliphatic carbocycles. The van der Waals surface area contributed by atoms with Crippen LogP contribution in [-0.4, -0.2) is 31.6 Å². The van der Waals surface area contributed by atoms with E-state index >= 15 is 0 Å². The molecule has 6 heteroatoms. The normalized spacial score (nSPS) is 15.9. The number of carbonyl (C=O) groups excluding carboxylic acids is 2. The number of benzene rings is 1. The molecule has 0 spiro atoms. The Kier molecular flexibility index (Phi) is 5.84. The van der Waals surface area contributed by atoms with Crippen molar-refractivity contribution in [2.45, 2.75) is 44.6 Å². The summed E-state index contributed by atoms with van der Waals surface area (Å²) in [4.78, 5) is 22.0. The molecule has 2 amide bonds. The van der Waals surface area contributed by atoms with Crippen LogP contribution >= 0.6 is 0 Å². The molecule has 126 valence electrons. The van der Waals surface area contributed by atoms with Crippen LogP contribution in [0, 0.1) is 0 Å². The molecule has 1 fully saturated rings. The van der Waals surface area contributed by atoms with Gasteiger partial charge in [0.1, 0.15) is 0 Å². The second-order valence-corrected chi connectivity index (χ2v) is 5.91. The van der Waals surface area contributed by atoms with Gasteiger partial charge in [0.2, 0.25) is 0 Å². The highest BCUT2D eigenvalue weighted by Gasteiger charge is 2.19. The van der Waals surface area contributed by atoms with Crippen molar-refractivity contribution in [3.63, 3.8) is 0 Å². The van der Waals surface area contributed by atoms with Crippen molar-refractivity contribution in [1.82, 2.24) is 5.32 Å². The van der Waals surface area contributed by atoms with E-state index in [2.05, 4.69) is 5.32 Å². The highest BCUT2D eigenvalue weighted by molar-refractivity contribution is 6.34. The van der Waals surface area contributed by atoms with E-state index in [4.69, 9.17) is 15.2 Å². The summed E-state index contributed by atoms with van der Waals surface area (Å²) in [7, 11) is 1.62. The van der Waals surface area contributed by atoms with E-state index in [1.807, 2.05) is 25.1 Å². The van der Waals surface area contributed by atoms with Crippen molar-refractivity contribution in [1.29, 1.82) is 0 Å². The maximum Gasteiger partial charge on any atom is 0.309 e. The van der Waals surface area contributed by atoms with E-state index in [-0.39, 0.29) is 12.0 Å². The number of rotatable bonds is 6. The van der Waals surface area contributed by atoms with Gasteiger partial charge in [0.15, 0.2) is 11.5 Å². The van der Waals surface area contributed by atoms with Gasteiger partial charge >= 0.3 is 11.8 Å². The van der Waals surface area contributed by atoms with Crippen LogP contribution in [0.2, 0.25) is 0 Å². The number of hydrogen-bond donors (Lipinski definition) is 2. The van der Waals surface area contributed by atoms with Crippen molar-refractivity contribution in [2.24, 2.45) is 5.73 Å². The Morgan fingerprint density at radius 2 is 2.00 bits per heavy atom. The van der Waals surface area contributed by atoms with Crippen molar-refractivity contribution < 1.29 is 19.1 Å². The summed E-state index contributed by atoms with van der Waals surface area (Å²) in [6.45, 7) is 2.29. The molecule has 0 heterocycles. The van der Waals surface area contributed by atoms with E-state index < -0.39 is 11.8 Å². The molecule has 0 bridgehead atoms. The Balaban J connectivity index is 2.06. The SMILES string of the molecule is COc1ccc(C(C)CNC(=O)C(N)=O)cc1OC1CCCC1. The first-order valence-electron chi connectivity index (χ1n) is 7.93. The Hall–Kier alpha value is -2.24. The first-order valence-corrected chi connectivity index (χ1v) is 7.93. The smallest absolute Gasteiger partial charge is 0.309 e. The molecule has 1 aliphatic rings. The van der Waals surface area contributed by atoms with Crippen molar-refractivity contribution in [3.05, 3.63) is 23.8 Å². The molecule has 3 N–H and O–H groups in total. The molecule has 0 aromatic heterocycles. The third-order valence-corrected chi connectivity index (χ3v) is 4.15. The lowest BCUT2D eigenvalue weighted by Crippen LogP contribution is -2.37. The second-order valence-electron chi connectivity index (χ2n) is 5.91. The zero-order valence-electron chi connectivity index (χ0n) is 13.6. The maximum absolute atomic E-state index is 11.2. The molecule has 1 saturated carbocycles. The lowest BCUT2D eigenvalue weighted by Gasteiger charge is -2.19. The van der Waals surface area contributed by atoms with Crippen molar-refractivity contribution >= 4 is 11.8 Å². The fourth-order valence-corrected chi connectivity index (χ4v) is 2.73. The van der Waals surface area contributed by atoms with Crippen LogP contribution in [0.4, 0.5) is 0 Å². The van der Waals surface area contributed by atoms with E-state index in [9.17, 15) is 9.59 Å². The minimum atomic E-state index is -0.975. The van der Waals surface area contributed by atoms with Crippen LogP contribution in [-0.2, 0) is 9.59 Å². The van der Waals surface area contributed by atoms with Crippen LogP contribution in [0.3, 0.4) is 0 Å². The molecule has 1 aromatic rings.